The lowest BCUT2D eigenvalue weighted by molar-refractivity contribution is -0.220. The van der Waals surface area contributed by atoms with Crippen molar-refractivity contribution >= 4 is 13.8 Å². The molecule has 13 heteroatoms. The van der Waals surface area contributed by atoms with E-state index in [1.54, 1.807) is 6.08 Å². The van der Waals surface area contributed by atoms with Gasteiger partial charge in [0.2, 0.25) is 0 Å². The van der Waals surface area contributed by atoms with Crippen LogP contribution in [-0.4, -0.2) is 98.9 Å². The lowest BCUT2D eigenvalue weighted by Gasteiger charge is -2.41. The maximum Gasteiger partial charge on any atom is 0.472 e. The van der Waals surface area contributed by atoms with Crippen molar-refractivity contribution in [3.05, 3.63) is 60.8 Å². The molecule has 0 aromatic rings. The highest BCUT2D eigenvalue weighted by atomic mass is 31.2. The van der Waals surface area contributed by atoms with Crippen LogP contribution >= 0.6 is 7.82 Å². The molecule has 0 radical (unpaired) electrons. The van der Waals surface area contributed by atoms with Crippen molar-refractivity contribution in [1.29, 1.82) is 0 Å². The number of allylic oxidation sites excluding steroid dienone is 9. The number of phosphoric ester groups is 1. The van der Waals surface area contributed by atoms with E-state index in [0.29, 0.717) is 13.0 Å². The van der Waals surface area contributed by atoms with Crippen molar-refractivity contribution in [2.75, 3.05) is 19.8 Å². The molecular formula is C40H69O12P. The lowest BCUT2D eigenvalue weighted by atomic mass is 9.85. The first-order chi connectivity index (χ1) is 25.5. The van der Waals surface area contributed by atoms with Crippen molar-refractivity contribution < 1.29 is 58.3 Å². The highest BCUT2D eigenvalue weighted by molar-refractivity contribution is 7.47. The van der Waals surface area contributed by atoms with E-state index < -0.39 is 63.1 Å². The molecule has 0 bridgehead atoms. The lowest BCUT2D eigenvalue weighted by Crippen LogP contribution is -2.64. The molecule has 6 atom stereocenters. The van der Waals surface area contributed by atoms with Gasteiger partial charge in [-0.1, -0.05) is 139 Å². The molecule has 6 N–H and O–H groups in total. The fourth-order valence-electron chi connectivity index (χ4n) is 5.55. The van der Waals surface area contributed by atoms with Crippen LogP contribution in [0.4, 0.5) is 0 Å². The molecule has 0 spiro atoms. The molecule has 0 heterocycles. The van der Waals surface area contributed by atoms with Crippen molar-refractivity contribution in [3.8, 4) is 0 Å². The Labute approximate surface area is 317 Å². The number of phosphoric acid groups is 1. The summed E-state index contributed by atoms with van der Waals surface area (Å²) < 4.78 is 33.8. The van der Waals surface area contributed by atoms with Crippen LogP contribution in [0, 0.1) is 0 Å². The van der Waals surface area contributed by atoms with E-state index in [2.05, 4.69) is 50.3 Å². The van der Waals surface area contributed by atoms with Crippen LogP contribution in [0.3, 0.4) is 0 Å². The largest absolute Gasteiger partial charge is 0.472 e. The van der Waals surface area contributed by atoms with E-state index in [4.69, 9.17) is 18.5 Å². The second-order valence-electron chi connectivity index (χ2n) is 13.4. The maximum absolute atomic E-state index is 12.7. The number of rotatable bonds is 31. The van der Waals surface area contributed by atoms with E-state index in [0.717, 1.165) is 44.9 Å². The van der Waals surface area contributed by atoms with Crippen LogP contribution in [0.5, 0.6) is 0 Å². The zero-order valence-corrected chi connectivity index (χ0v) is 32.9. The van der Waals surface area contributed by atoms with Crippen LogP contribution in [0.15, 0.2) is 60.8 Å². The summed E-state index contributed by atoms with van der Waals surface area (Å²) in [5, 5.41) is 49.9. The van der Waals surface area contributed by atoms with Crippen LogP contribution < -0.4 is 0 Å². The zero-order chi connectivity index (χ0) is 39.2. The minimum absolute atomic E-state index is 0.0471. The van der Waals surface area contributed by atoms with Gasteiger partial charge in [0.05, 0.1) is 19.6 Å². The molecular weight excluding hydrogens is 703 g/mol. The number of hydrogen-bond donors (Lipinski definition) is 6. The molecule has 1 aliphatic rings. The normalized spacial score (nSPS) is 24.3. The molecule has 0 amide bonds. The van der Waals surface area contributed by atoms with Gasteiger partial charge in [-0.25, -0.2) is 4.57 Å². The Hall–Kier alpha value is -1.96. The molecule has 0 aliphatic heterocycles. The summed E-state index contributed by atoms with van der Waals surface area (Å²) >= 11 is 0. The summed E-state index contributed by atoms with van der Waals surface area (Å²) in [5.74, 6) is -0.606. The van der Waals surface area contributed by atoms with Crippen LogP contribution in [0.1, 0.15) is 123 Å². The summed E-state index contributed by atoms with van der Waals surface area (Å²) in [6, 6.07) is 0. The monoisotopic (exact) mass is 772 g/mol. The molecule has 1 saturated carbocycles. The first kappa shape index (κ1) is 49.1. The number of esters is 1. The number of hydrogen-bond acceptors (Lipinski definition) is 11. The Kier molecular flexibility index (Phi) is 28.9. The Morgan fingerprint density at radius 3 is 1.53 bits per heavy atom. The maximum atomic E-state index is 12.7. The van der Waals surface area contributed by atoms with Gasteiger partial charge in [-0.2, -0.15) is 0 Å². The van der Waals surface area contributed by atoms with Gasteiger partial charge >= 0.3 is 13.8 Å². The van der Waals surface area contributed by atoms with E-state index in [1.165, 1.54) is 51.4 Å². The first-order valence-corrected chi connectivity index (χ1v) is 21.1. The van der Waals surface area contributed by atoms with E-state index in [-0.39, 0.29) is 13.0 Å². The molecule has 0 aromatic carbocycles. The van der Waals surface area contributed by atoms with Crippen molar-refractivity contribution in [2.45, 2.75) is 166 Å². The summed E-state index contributed by atoms with van der Waals surface area (Å²) in [7, 11) is -5.03. The molecule has 12 nitrogen and oxygen atoms in total. The van der Waals surface area contributed by atoms with Gasteiger partial charge in [-0.15, -0.1) is 0 Å². The van der Waals surface area contributed by atoms with Crippen molar-refractivity contribution in [3.63, 3.8) is 0 Å². The predicted octanol–water partition coefficient (Wildman–Crippen LogP) is 6.69. The molecule has 53 heavy (non-hydrogen) atoms. The van der Waals surface area contributed by atoms with Crippen molar-refractivity contribution in [1.82, 2.24) is 0 Å². The summed E-state index contributed by atoms with van der Waals surface area (Å²) in [5.41, 5.74) is 0. The Morgan fingerprint density at radius 2 is 1.04 bits per heavy atom. The number of aliphatic hydroxyl groups excluding tert-OH is 5. The molecule has 1 fully saturated rings. The second-order valence-corrected chi connectivity index (χ2v) is 14.8. The summed E-state index contributed by atoms with van der Waals surface area (Å²) in [6.07, 6.45) is 24.7. The van der Waals surface area contributed by atoms with Gasteiger partial charge in [-0.05, 0) is 38.5 Å². The van der Waals surface area contributed by atoms with Gasteiger partial charge in [0.1, 0.15) is 42.7 Å². The summed E-state index contributed by atoms with van der Waals surface area (Å²) in [4.78, 5) is 22.9. The SMILES string of the molecule is CC/C=C\C/C=C\C/C=C\C/C=C\C/C=C\CC(=O)OC(COCCCCCCCCCCCCC)COP(=O)(O)OC1C(O)C(O)C(O)C(O)C1O. The van der Waals surface area contributed by atoms with Crippen LogP contribution in [-0.2, 0) is 27.9 Å². The molecule has 1 rings (SSSR count). The number of carbonyl (C=O) groups is 1. The number of unbranched alkanes of at least 4 members (excludes halogenated alkanes) is 10. The zero-order valence-electron chi connectivity index (χ0n) is 32.0. The Morgan fingerprint density at radius 1 is 0.604 bits per heavy atom. The third-order valence-electron chi connectivity index (χ3n) is 8.69. The molecule has 6 unspecified atom stereocenters. The predicted molar refractivity (Wildman–Crippen MR) is 207 cm³/mol. The fourth-order valence-corrected chi connectivity index (χ4v) is 6.52. The first-order valence-electron chi connectivity index (χ1n) is 19.6. The Balaban J connectivity index is 2.55. The van der Waals surface area contributed by atoms with Gasteiger partial charge in [0.25, 0.3) is 0 Å². The summed E-state index contributed by atoms with van der Waals surface area (Å²) in [6.45, 7) is 3.99. The fraction of sp³-hybridized carbons (Fsp3) is 0.725. The average Bonchev–Trinajstić information content (AvgIpc) is 3.14. The highest BCUT2D eigenvalue weighted by Crippen LogP contribution is 2.47. The van der Waals surface area contributed by atoms with Gasteiger partial charge in [0, 0.05) is 6.61 Å². The third-order valence-corrected chi connectivity index (χ3v) is 9.67. The number of carbonyl (C=O) groups excluding carboxylic acids is 1. The number of ether oxygens (including phenoxy) is 2. The Bertz CT molecular complexity index is 1110. The standard InChI is InChI=1S/C40H69O12P/c1-3-5-7-9-11-13-15-16-17-18-19-21-23-25-27-29-34(41)51-33(31-49-30-28-26-24-22-20-14-12-10-8-6-4-2)32-50-53(47,48)52-40-38(45)36(43)35(42)37(44)39(40)46/h5,7,11,13,16-17,19,21,25,27,33,35-40,42-46H,3-4,6,8-10,12,14-15,18,20,22-24,26,28-32H2,1-2H3,(H,47,48)/b7-5-,13-11-,17-16-,21-19-,27-25-. The third kappa shape index (κ3) is 24.2. The van der Waals surface area contributed by atoms with Gasteiger partial charge in [0.15, 0.2) is 0 Å². The minimum atomic E-state index is -5.03. The average molecular weight is 773 g/mol. The molecule has 0 aromatic heterocycles. The van der Waals surface area contributed by atoms with E-state index >= 15 is 0 Å². The second kappa shape index (κ2) is 31.3. The van der Waals surface area contributed by atoms with Crippen LogP contribution in [0.2, 0.25) is 0 Å². The number of aliphatic hydroxyl groups is 5. The van der Waals surface area contributed by atoms with E-state index in [9.17, 15) is 39.8 Å². The van der Waals surface area contributed by atoms with Crippen LogP contribution in [0.25, 0.3) is 0 Å². The van der Waals surface area contributed by atoms with Gasteiger partial charge < -0.3 is 39.9 Å². The van der Waals surface area contributed by atoms with Crippen molar-refractivity contribution in [2.24, 2.45) is 0 Å². The molecule has 306 valence electrons. The molecule has 1 aliphatic carbocycles. The smallest absolute Gasteiger partial charge is 0.457 e. The van der Waals surface area contributed by atoms with Gasteiger partial charge in [-0.3, -0.25) is 13.8 Å². The van der Waals surface area contributed by atoms with E-state index in [1.807, 2.05) is 18.2 Å². The molecule has 0 saturated heterocycles. The highest BCUT2D eigenvalue weighted by Gasteiger charge is 2.51. The topological polar surface area (TPSA) is 192 Å². The quantitative estimate of drug-likeness (QED) is 0.0190. The minimum Gasteiger partial charge on any atom is -0.457 e.